The average molecular weight is 380 g/mol. The van der Waals surface area contributed by atoms with E-state index in [1.54, 1.807) is 13.2 Å². The quantitative estimate of drug-likeness (QED) is 0.764. The van der Waals surface area contributed by atoms with E-state index in [2.05, 4.69) is 17.0 Å². The van der Waals surface area contributed by atoms with Gasteiger partial charge < -0.3 is 24.0 Å². The molecule has 0 aliphatic carbocycles. The molecule has 0 bridgehead atoms. The fourth-order valence-electron chi connectivity index (χ4n) is 3.41. The van der Waals surface area contributed by atoms with Crippen molar-refractivity contribution >= 4 is 17.7 Å². The summed E-state index contributed by atoms with van der Waals surface area (Å²) in [6.07, 6.45) is 3.46. The summed E-state index contributed by atoms with van der Waals surface area (Å²) in [6, 6.07) is 13.7. The Kier molecular flexibility index (Phi) is 5.37. The van der Waals surface area contributed by atoms with Crippen LogP contribution in [0.3, 0.4) is 0 Å². The average Bonchev–Trinajstić information content (AvgIpc) is 2.77. The number of carbonyl (C=O) groups is 1. The summed E-state index contributed by atoms with van der Waals surface area (Å²) in [5.41, 5.74) is 2.08. The van der Waals surface area contributed by atoms with Gasteiger partial charge in [0.25, 0.3) is 0 Å². The van der Waals surface area contributed by atoms with Crippen LogP contribution in [0, 0.1) is 0 Å². The summed E-state index contributed by atoms with van der Waals surface area (Å²) in [5.74, 6) is 2.37. The maximum atomic E-state index is 12.5. The molecule has 2 aliphatic rings. The number of amides is 1. The van der Waals surface area contributed by atoms with Gasteiger partial charge in [-0.3, -0.25) is 4.79 Å². The van der Waals surface area contributed by atoms with Crippen LogP contribution in [0.4, 0.5) is 5.69 Å². The summed E-state index contributed by atoms with van der Waals surface area (Å²) in [6.45, 7) is 4.17. The molecule has 2 aliphatic heterocycles. The first-order valence-corrected chi connectivity index (χ1v) is 9.48. The van der Waals surface area contributed by atoms with E-state index in [1.165, 1.54) is 0 Å². The van der Waals surface area contributed by atoms with Crippen LogP contribution in [0.2, 0.25) is 0 Å². The monoisotopic (exact) mass is 380 g/mol. The predicted molar refractivity (Wildman–Crippen MR) is 108 cm³/mol. The van der Waals surface area contributed by atoms with Crippen LogP contribution in [0.15, 0.2) is 48.5 Å². The Morgan fingerprint density at radius 1 is 0.964 bits per heavy atom. The Labute approximate surface area is 164 Å². The van der Waals surface area contributed by atoms with E-state index in [4.69, 9.17) is 14.2 Å². The lowest BCUT2D eigenvalue weighted by Gasteiger charge is -2.35. The zero-order valence-corrected chi connectivity index (χ0v) is 16.0. The van der Waals surface area contributed by atoms with E-state index in [1.807, 2.05) is 41.3 Å². The van der Waals surface area contributed by atoms with Gasteiger partial charge in [0.05, 0.1) is 7.11 Å². The van der Waals surface area contributed by atoms with Crippen molar-refractivity contribution in [2.45, 2.75) is 0 Å². The summed E-state index contributed by atoms with van der Waals surface area (Å²) in [5, 5.41) is 0. The number of hydrogen-bond donors (Lipinski definition) is 0. The van der Waals surface area contributed by atoms with E-state index in [-0.39, 0.29) is 5.91 Å². The van der Waals surface area contributed by atoms with E-state index >= 15 is 0 Å². The molecule has 0 saturated carbocycles. The van der Waals surface area contributed by atoms with Gasteiger partial charge in [0.2, 0.25) is 5.91 Å². The van der Waals surface area contributed by atoms with E-state index in [9.17, 15) is 4.79 Å². The predicted octanol–water partition coefficient (Wildman–Crippen LogP) is 2.83. The number of carbonyl (C=O) groups excluding carboxylic acids is 1. The first-order valence-electron chi connectivity index (χ1n) is 9.48. The molecule has 0 radical (unpaired) electrons. The highest BCUT2D eigenvalue weighted by molar-refractivity contribution is 5.92. The molecule has 4 rings (SSSR count). The lowest BCUT2D eigenvalue weighted by molar-refractivity contribution is -0.126. The number of methoxy groups -OCH3 is 1. The van der Waals surface area contributed by atoms with Gasteiger partial charge in [-0.25, -0.2) is 0 Å². The molecule has 0 N–H and O–H groups in total. The third-order valence-corrected chi connectivity index (χ3v) is 5.01. The Morgan fingerprint density at radius 3 is 2.39 bits per heavy atom. The van der Waals surface area contributed by atoms with Crippen LogP contribution in [-0.4, -0.2) is 57.3 Å². The minimum atomic E-state index is 0.0317. The molecule has 1 amide bonds. The number of benzene rings is 2. The van der Waals surface area contributed by atoms with Crippen LogP contribution >= 0.6 is 0 Å². The first kappa shape index (κ1) is 18.2. The van der Waals surface area contributed by atoms with Crippen LogP contribution in [0.5, 0.6) is 17.2 Å². The van der Waals surface area contributed by atoms with Crippen molar-refractivity contribution in [3.05, 3.63) is 54.1 Å². The van der Waals surface area contributed by atoms with Gasteiger partial charge in [-0.2, -0.15) is 0 Å². The minimum absolute atomic E-state index is 0.0317. The molecule has 1 saturated heterocycles. The molecule has 2 aromatic rings. The lowest BCUT2D eigenvalue weighted by Crippen LogP contribution is -2.48. The lowest BCUT2D eigenvalue weighted by atomic mass is 10.1. The van der Waals surface area contributed by atoms with Crippen molar-refractivity contribution in [2.24, 2.45) is 0 Å². The van der Waals surface area contributed by atoms with Crippen molar-refractivity contribution in [3.8, 4) is 17.2 Å². The Balaban J connectivity index is 1.33. The SMILES string of the molecule is COc1ccc(N2CCN(C(=O)/C=C/c3ccc4c(c3)OCCO4)CC2)cc1. The number of rotatable bonds is 4. The molecule has 6 nitrogen and oxygen atoms in total. The number of fused-ring (bicyclic) bond motifs is 1. The summed E-state index contributed by atoms with van der Waals surface area (Å²) < 4.78 is 16.3. The van der Waals surface area contributed by atoms with Crippen LogP contribution in [0.1, 0.15) is 5.56 Å². The van der Waals surface area contributed by atoms with Gasteiger partial charge in [0.15, 0.2) is 11.5 Å². The van der Waals surface area contributed by atoms with Gasteiger partial charge in [-0.15, -0.1) is 0 Å². The number of piperazine rings is 1. The van der Waals surface area contributed by atoms with Crippen molar-refractivity contribution in [1.82, 2.24) is 4.90 Å². The molecular weight excluding hydrogens is 356 g/mol. The molecule has 28 heavy (non-hydrogen) atoms. The maximum Gasteiger partial charge on any atom is 0.246 e. The van der Waals surface area contributed by atoms with Crippen LogP contribution in [0.25, 0.3) is 6.08 Å². The second-order valence-electron chi connectivity index (χ2n) is 6.75. The molecule has 146 valence electrons. The molecule has 0 aromatic heterocycles. The topological polar surface area (TPSA) is 51.2 Å². The minimum Gasteiger partial charge on any atom is -0.497 e. The molecule has 2 aromatic carbocycles. The molecule has 6 heteroatoms. The fraction of sp³-hybridized carbons (Fsp3) is 0.318. The second kappa shape index (κ2) is 8.25. The standard InChI is InChI=1S/C22H24N2O4/c1-26-19-6-4-18(5-7-19)23-10-12-24(13-11-23)22(25)9-3-17-2-8-20-21(16-17)28-15-14-27-20/h2-9,16H,10-15H2,1H3/b9-3+. The van der Waals surface area contributed by atoms with Gasteiger partial charge in [-0.05, 0) is 48.0 Å². The molecule has 0 spiro atoms. The number of nitrogens with zero attached hydrogens (tertiary/aromatic N) is 2. The third kappa shape index (κ3) is 4.06. The molecule has 2 heterocycles. The molecule has 0 unspecified atom stereocenters. The van der Waals surface area contributed by atoms with Crippen molar-refractivity contribution < 1.29 is 19.0 Å². The first-order chi connectivity index (χ1) is 13.7. The highest BCUT2D eigenvalue weighted by Crippen LogP contribution is 2.31. The van der Waals surface area contributed by atoms with E-state index < -0.39 is 0 Å². The summed E-state index contributed by atoms with van der Waals surface area (Å²) >= 11 is 0. The van der Waals surface area contributed by atoms with Gasteiger partial charge >= 0.3 is 0 Å². The van der Waals surface area contributed by atoms with E-state index in [0.717, 1.165) is 41.6 Å². The summed E-state index contributed by atoms with van der Waals surface area (Å²) in [7, 11) is 1.66. The zero-order chi connectivity index (χ0) is 19.3. The molecule has 1 fully saturated rings. The van der Waals surface area contributed by atoms with Crippen LogP contribution in [-0.2, 0) is 4.79 Å². The van der Waals surface area contributed by atoms with Crippen LogP contribution < -0.4 is 19.1 Å². The van der Waals surface area contributed by atoms with Crippen molar-refractivity contribution in [1.29, 1.82) is 0 Å². The summed E-state index contributed by atoms with van der Waals surface area (Å²) in [4.78, 5) is 16.7. The smallest absolute Gasteiger partial charge is 0.246 e. The van der Waals surface area contributed by atoms with Gasteiger partial charge in [-0.1, -0.05) is 6.07 Å². The van der Waals surface area contributed by atoms with Gasteiger partial charge in [0.1, 0.15) is 19.0 Å². The Bertz CT molecular complexity index is 855. The van der Waals surface area contributed by atoms with Crippen molar-refractivity contribution in [2.75, 3.05) is 51.4 Å². The zero-order valence-electron chi connectivity index (χ0n) is 16.0. The normalized spacial score (nSPS) is 16.3. The molecule has 0 atom stereocenters. The highest BCUT2D eigenvalue weighted by Gasteiger charge is 2.20. The maximum absolute atomic E-state index is 12.5. The Hall–Kier alpha value is -3.15. The highest BCUT2D eigenvalue weighted by atomic mass is 16.6. The largest absolute Gasteiger partial charge is 0.497 e. The van der Waals surface area contributed by atoms with Gasteiger partial charge in [0, 0.05) is 37.9 Å². The third-order valence-electron chi connectivity index (χ3n) is 5.01. The Morgan fingerprint density at radius 2 is 1.68 bits per heavy atom. The number of ether oxygens (including phenoxy) is 3. The number of anilines is 1. The number of hydrogen-bond acceptors (Lipinski definition) is 5. The molecular formula is C22H24N2O4. The fourth-order valence-corrected chi connectivity index (χ4v) is 3.41. The van der Waals surface area contributed by atoms with Crippen molar-refractivity contribution in [3.63, 3.8) is 0 Å². The van der Waals surface area contributed by atoms with E-state index in [0.29, 0.717) is 26.3 Å². The second-order valence-corrected chi connectivity index (χ2v) is 6.75.